The Labute approximate surface area is 166 Å². The van der Waals surface area contributed by atoms with Crippen LogP contribution in [0.3, 0.4) is 0 Å². The van der Waals surface area contributed by atoms with E-state index in [0.717, 1.165) is 54.6 Å². The molecule has 3 nitrogen and oxygen atoms in total. The maximum absolute atomic E-state index is 14.5. The summed E-state index contributed by atoms with van der Waals surface area (Å²) in [5.41, 5.74) is 5.24. The maximum atomic E-state index is 14.5. The minimum atomic E-state index is -0.233. The number of benzene rings is 2. The van der Waals surface area contributed by atoms with E-state index in [9.17, 15) is 9.18 Å². The summed E-state index contributed by atoms with van der Waals surface area (Å²) in [6.07, 6.45) is 3.21. The second kappa shape index (κ2) is 7.67. The topological polar surface area (TPSA) is 29.5 Å². The van der Waals surface area contributed by atoms with Crippen molar-refractivity contribution in [1.82, 2.24) is 4.90 Å². The molecular formula is C24H28FNO2. The molecule has 4 heteroatoms. The van der Waals surface area contributed by atoms with Gasteiger partial charge in [-0.25, -0.2) is 4.39 Å². The van der Waals surface area contributed by atoms with Gasteiger partial charge in [0.1, 0.15) is 11.6 Å². The zero-order valence-electron chi connectivity index (χ0n) is 16.9. The molecule has 0 aromatic heterocycles. The largest absolute Gasteiger partial charge is 0.426 e. The van der Waals surface area contributed by atoms with E-state index < -0.39 is 0 Å². The molecule has 0 fully saturated rings. The van der Waals surface area contributed by atoms with Crippen LogP contribution in [0.2, 0.25) is 0 Å². The second-order valence-electron chi connectivity index (χ2n) is 8.39. The molecule has 4 rings (SSSR count). The zero-order chi connectivity index (χ0) is 19.8. The molecule has 0 saturated carbocycles. The second-order valence-corrected chi connectivity index (χ2v) is 8.39. The number of carbonyl (C=O) groups is 1. The number of fused-ring (bicyclic) bond motifs is 2. The molecule has 0 amide bonds. The molecule has 2 aromatic carbocycles. The number of carbonyl (C=O) groups excluding carboxylic acids is 1. The van der Waals surface area contributed by atoms with Crippen molar-refractivity contribution >= 4 is 5.97 Å². The fraction of sp³-hybridized carbons (Fsp3) is 0.458. The van der Waals surface area contributed by atoms with Crippen LogP contribution in [-0.4, -0.2) is 24.0 Å². The van der Waals surface area contributed by atoms with Gasteiger partial charge in [-0.2, -0.15) is 0 Å². The van der Waals surface area contributed by atoms with Crippen molar-refractivity contribution in [2.45, 2.75) is 52.5 Å². The minimum Gasteiger partial charge on any atom is -0.426 e. The van der Waals surface area contributed by atoms with Crippen molar-refractivity contribution in [3.63, 3.8) is 0 Å². The van der Waals surface area contributed by atoms with Crippen LogP contribution in [0.5, 0.6) is 5.75 Å². The number of hydrogen-bond donors (Lipinski definition) is 0. The van der Waals surface area contributed by atoms with Gasteiger partial charge in [0.25, 0.3) is 0 Å². The normalized spacial score (nSPS) is 18.0. The number of ether oxygens (including phenoxy) is 1. The van der Waals surface area contributed by atoms with Gasteiger partial charge in [-0.05, 0) is 72.2 Å². The fourth-order valence-corrected chi connectivity index (χ4v) is 4.71. The monoisotopic (exact) mass is 381 g/mol. The summed E-state index contributed by atoms with van der Waals surface area (Å²) < 4.78 is 20.2. The summed E-state index contributed by atoms with van der Waals surface area (Å²) in [6.45, 7) is 8.20. The first-order valence-corrected chi connectivity index (χ1v) is 10.4. The standard InChI is InChI=1S/C24H28FNO2/c1-4-9-26-10-8-17-12-18(25)14-19-23(17)20(26)13-16-6-5-7-21(24(16)19)28-22(27)11-15(2)3/h5-7,12,14-15,20H,4,8-11,13H2,1-3H3. The molecule has 2 aromatic rings. The van der Waals surface area contributed by atoms with Gasteiger partial charge in [0, 0.05) is 24.6 Å². The van der Waals surface area contributed by atoms with Gasteiger partial charge in [0.15, 0.2) is 0 Å². The van der Waals surface area contributed by atoms with Gasteiger partial charge in [0.2, 0.25) is 0 Å². The lowest BCUT2D eigenvalue weighted by molar-refractivity contribution is -0.135. The van der Waals surface area contributed by atoms with Gasteiger partial charge in [0.05, 0.1) is 0 Å². The Kier molecular flexibility index (Phi) is 5.24. The molecule has 148 valence electrons. The third kappa shape index (κ3) is 3.46. The van der Waals surface area contributed by atoms with Crippen molar-refractivity contribution in [3.8, 4) is 16.9 Å². The predicted octanol–water partition coefficient (Wildman–Crippen LogP) is 5.31. The molecule has 0 N–H and O–H groups in total. The highest BCUT2D eigenvalue weighted by atomic mass is 19.1. The van der Waals surface area contributed by atoms with E-state index >= 15 is 0 Å². The van der Waals surface area contributed by atoms with Crippen molar-refractivity contribution in [3.05, 3.63) is 52.8 Å². The van der Waals surface area contributed by atoms with E-state index in [4.69, 9.17) is 4.74 Å². The van der Waals surface area contributed by atoms with Crippen molar-refractivity contribution in [2.75, 3.05) is 13.1 Å². The molecule has 28 heavy (non-hydrogen) atoms. The first-order chi connectivity index (χ1) is 13.5. The first-order valence-electron chi connectivity index (χ1n) is 10.4. The third-order valence-corrected chi connectivity index (χ3v) is 5.78. The molecule has 1 unspecified atom stereocenters. The molecule has 1 aliphatic carbocycles. The van der Waals surface area contributed by atoms with Crippen molar-refractivity contribution in [2.24, 2.45) is 5.92 Å². The van der Waals surface area contributed by atoms with E-state index in [1.807, 2.05) is 26.0 Å². The predicted molar refractivity (Wildman–Crippen MR) is 109 cm³/mol. The molecule has 0 spiro atoms. The highest BCUT2D eigenvalue weighted by Crippen LogP contribution is 2.48. The highest BCUT2D eigenvalue weighted by molar-refractivity contribution is 5.83. The van der Waals surface area contributed by atoms with Gasteiger partial charge in [-0.15, -0.1) is 0 Å². The Bertz CT molecular complexity index is 906. The van der Waals surface area contributed by atoms with Crippen LogP contribution in [0.25, 0.3) is 11.1 Å². The highest BCUT2D eigenvalue weighted by Gasteiger charge is 2.35. The van der Waals surface area contributed by atoms with Crippen molar-refractivity contribution in [1.29, 1.82) is 0 Å². The van der Waals surface area contributed by atoms with Crippen LogP contribution in [0.15, 0.2) is 30.3 Å². The Balaban J connectivity index is 1.82. The molecule has 2 aliphatic rings. The molecule has 1 atom stereocenters. The van der Waals surface area contributed by atoms with Crippen LogP contribution in [0.4, 0.5) is 4.39 Å². The molecule has 0 saturated heterocycles. The SMILES string of the molecule is CCCN1CCc2cc(F)cc3c2C1Cc1cccc(OC(=O)CC(C)C)c1-3. The summed E-state index contributed by atoms with van der Waals surface area (Å²) in [6, 6.07) is 9.44. The molecule has 0 bridgehead atoms. The van der Waals surface area contributed by atoms with Gasteiger partial charge in [-0.1, -0.05) is 32.9 Å². The number of esters is 1. The Hall–Kier alpha value is -2.20. The van der Waals surface area contributed by atoms with Crippen LogP contribution in [0, 0.1) is 11.7 Å². The summed E-state index contributed by atoms with van der Waals surface area (Å²) in [5, 5.41) is 0. The lowest BCUT2D eigenvalue weighted by atomic mass is 9.76. The molecule has 0 radical (unpaired) electrons. The Morgan fingerprint density at radius 3 is 2.86 bits per heavy atom. The Morgan fingerprint density at radius 2 is 2.11 bits per heavy atom. The Morgan fingerprint density at radius 1 is 1.29 bits per heavy atom. The smallest absolute Gasteiger partial charge is 0.311 e. The van der Waals surface area contributed by atoms with E-state index in [1.165, 1.54) is 5.56 Å². The maximum Gasteiger partial charge on any atom is 0.311 e. The van der Waals surface area contributed by atoms with Crippen LogP contribution >= 0.6 is 0 Å². The fourth-order valence-electron chi connectivity index (χ4n) is 4.71. The molecule has 1 aliphatic heterocycles. The van der Waals surface area contributed by atoms with Gasteiger partial charge >= 0.3 is 5.97 Å². The molecular weight excluding hydrogens is 353 g/mol. The third-order valence-electron chi connectivity index (χ3n) is 5.78. The zero-order valence-corrected chi connectivity index (χ0v) is 16.9. The summed E-state index contributed by atoms with van der Waals surface area (Å²) >= 11 is 0. The van der Waals surface area contributed by atoms with Crippen LogP contribution in [0.1, 0.15) is 56.3 Å². The van der Waals surface area contributed by atoms with Gasteiger partial charge < -0.3 is 4.74 Å². The quantitative estimate of drug-likeness (QED) is 0.519. The number of rotatable bonds is 5. The van der Waals surface area contributed by atoms with Gasteiger partial charge in [-0.3, -0.25) is 9.69 Å². The number of hydrogen-bond acceptors (Lipinski definition) is 3. The average Bonchev–Trinajstić information content (AvgIpc) is 2.63. The van der Waals surface area contributed by atoms with E-state index in [1.54, 1.807) is 12.1 Å². The molecule has 1 heterocycles. The average molecular weight is 381 g/mol. The van der Waals surface area contributed by atoms with E-state index in [2.05, 4.69) is 17.9 Å². The lowest BCUT2D eigenvalue weighted by Crippen LogP contribution is -2.39. The minimum absolute atomic E-state index is 0.215. The van der Waals surface area contributed by atoms with E-state index in [-0.39, 0.29) is 23.7 Å². The lowest BCUT2D eigenvalue weighted by Gasteiger charge is -2.42. The van der Waals surface area contributed by atoms with Crippen LogP contribution in [-0.2, 0) is 17.6 Å². The summed E-state index contributed by atoms with van der Waals surface area (Å²) in [4.78, 5) is 14.8. The summed E-state index contributed by atoms with van der Waals surface area (Å²) in [7, 11) is 0. The number of nitrogens with zero attached hydrogens (tertiary/aromatic N) is 1. The van der Waals surface area contributed by atoms with Crippen molar-refractivity contribution < 1.29 is 13.9 Å². The first kappa shape index (κ1) is 19.1. The summed E-state index contributed by atoms with van der Waals surface area (Å²) in [5.74, 6) is 0.346. The van der Waals surface area contributed by atoms with Crippen LogP contribution < -0.4 is 4.74 Å². The number of halogens is 1. The van der Waals surface area contributed by atoms with E-state index in [0.29, 0.717) is 12.2 Å².